The minimum absolute atomic E-state index is 0.144. The minimum Gasteiger partial charge on any atom is -0.494 e. The maximum Gasteiger partial charge on any atom is 0.349 e. The molecule has 0 spiro atoms. The highest BCUT2D eigenvalue weighted by atomic mass is 32.1. The number of rotatable bonds is 6. The summed E-state index contributed by atoms with van der Waals surface area (Å²) in [7, 11) is 1.34. The number of nitro benzene ring substituents is 1. The van der Waals surface area contributed by atoms with E-state index in [2.05, 4.69) is 5.32 Å². The van der Waals surface area contributed by atoms with Gasteiger partial charge in [-0.3, -0.25) is 14.9 Å². The number of nitrogens with one attached hydrogen (secondary N) is 1. The number of ether oxygens (including phenoxy) is 2. The molecule has 2 aromatic rings. The topological polar surface area (TPSA) is 108 Å². The molecule has 0 fully saturated rings. The van der Waals surface area contributed by atoms with E-state index in [-0.39, 0.29) is 17.1 Å². The van der Waals surface area contributed by atoms with Crippen molar-refractivity contribution in [2.24, 2.45) is 0 Å². The largest absolute Gasteiger partial charge is 0.494 e. The number of methoxy groups -OCH3 is 1. The second-order valence-corrected chi connectivity index (χ2v) is 7.23. The van der Waals surface area contributed by atoms with Gasteiger partial charge in [-0.1, -0.05) is 0 Å². The highest BCUT2D eigenvalue weighted by Gasteiger charge is 2.24. The predicted octanol–water partition coefficient (Wildman–Crippen LogP) is 3.34. The van der Waals surface area contributed by atoms with Gasteiger partial charge in [0.1, 0.15) is 10.6 Å². The van der Waals surface area contributed by atoms with Gasteiger partial charge in [0, 0.05) is 10.9 Å². The van der Waals surface area contributed by atoms with Gasteiger partial charge in [-0.15, -0.1) is 11.3 Å². The average molecular weight is 390 g/mol. The predicted molar refractivity (Wildman–Crippen MR) is 99.5 cm³/mol. The number of thiophene rings is 1. The number of aryl methyl sites for hydroxylation is 2. The number of nitrogens with zero attached hydrogens (tertiary/aromatic N) is 1. The maximum atomic E-state index is 12.3. The lowest BCUT2D eigenvalue weighted by molar-refractivity contribution is -0.384. The molecule has 1 atom stereocenters. The number of esters is 1. The summed E-state index contributed by atoms with van der Waals surface area (Å²) in [5.41, 5.74) is 1.28. The Morgan fingerprint density at radius 1 is 1.30 bits per heavy atom. The van der Waals surface area contributed by atoms with E-state index in [9.17, 15) is 19.7 Å². The molecule has 8 nitrogen and oxygen atoms in total. The van der Waals surface area contributed by atoms with Crippen molar-refractivity contribution < 1.29 is 24.0 Å². The van der Waals surface area contributed by atoms with Crippen molar-refractivity contribution in [3.63, 3.8) is 0 Å². The molecule has 0 saturated heterocycles. The van der Waals surface area contributed by atoms with Crippen LogP contribution in [0.15, 0.2) is 24.3 Å². The number of amides is 1. The van der Waals surface area contributed by atoms with Gasteiger partial charge in [-0.2, -0.15) is 0 Å². The summed E-state index contributed by atoms with van der Waals surface area (Å²) in [6.45, 7) is 1.46. The summed E-state index contributed by atoms with van der Waals surface area (Å²) in [5, 5.41) is 13.4. The van der Waals surface area contributed by atoms with E-state index < -0.39 is 22.9 Å². The van der Waals surface area contributed by atoms with Crippen molar-refractivity contribution in [2.45, 2.75) is 32.3 Å². The number of carbonyl (C=O) groups is 2. The van der Waals surface area contributed by atoms with Crippen molar-refractivity contribution in [1.29, 1.82) is 0 Å². The van der Waals surface area contributed by atoms with Crippen LogP contribution in [-0.4, -0.2) is 30.0 Å². The molecule has 0 unspecified atom stereocenters. The number of hydrogen-bond acceptors (Lipinski definition) is 7. The molecule has 1 heterocycles. The number of nitro groups is 1. The van der Waals surface area contributed by atoms with E-state index in [1.165, 1.54) is 54.0 Å². The average Bonchev–Trinajstić information content (AvgIpc) is 3.23. The Balaban J connectivity index is 1.65. The van der Waals surface area contributed by atoms with Gasteiger partial charge in [-0.05, 0) is 43.9 Å². The summed E-state index contributed by atoms with van der Waals surface area (Å²) in [6, 6.07) is 5.66. The molecule has 3 rings (SSSR count). The number of carbonyl (C=O) groups excluding carboxylic acids is 2. The molecule has 27 heavy (non-hydrogen) atoms. The smallest absolute Gasteiger partial charge is 0.349 e. The Labute approximate surface area is 159 Å². The molecule has 0 radical (unpaired) electrons. The van der Waals surface area contributed by atoms with Crippen LogP contribution in [-0.2, 0) is 22.4 Å². The maximum absolute atomic E-state index is 12.3. The Hall–Kier alpha value is -2.94. The van der Waals surface area contributed by atoms with Crippen molar-refractivity contribution in [2.75, 3.05) is 12.4 Å². The van der Waals surface area contributed by atoms with Crippen LogP contribution in [0.5, 0.6) is 5.75 Å². The zero-order chi connectivity index (χ0) is 19.6. The number of fused-ring (bicyclic) bond motifs is 1. The first kappa shape index (κ1) is 18.8. The van der Waals surface area contributed by atoms with E-state index in [1.807, 2.05) is 6.07 Å². The molecule has 0 bridgehead atoms. The summed E-state index contributed by atoms with van der Waals surface area (Å²) in [5.74, 6) is -0.946. The van der Waals surface area contributed by atoms with Crippen LogP contribution in [0.4, 0.5) is 11.4 Å². The Morgan fingerprint density at radius 3 is 2.74 bits per heavy atom. The van der Waals surface area contributed by atoms with Crippen molar-refractivity contribution >= 4 is 34.6 Å². The van der Waals surface area contributed by atoms with Crippen LogP contribution in [0.25, 0.3) is 0 Å². The molecule has 0 aliphatic heterocycles. The third-order valence-electron chi connectivity index (χ3n) is 4.25. The fourth-order valence-electron chi connectivity index (χ4n) is 2.83. The summed E-state index contributed by atoms with van der Waals surface area (Å²) in [4.78, 5) is 36.6. The first-order valence-corrected chi connectivity index (χ1v) is 9.16. The molecule has 9 heteroatoms. The normalized spacial score (nSPS) is 13.6. The Bertz CT molecular complexity index is 886. The number of hydrogen-bond donors (Lipinski definition) is 1. The molecular formula is C18H18N2O6S. The van der Waals surface area contributed by atoms with Gasteiger partial charge >= 0.3 is 5.97 Å². The molecule has 1 N–H and O–H groups in total. The molecule has 1 aliphatic carbocycles. The van der Waals surface area contributed by atoms with Crippen LogP contribution in [0.3, 0.4) is 0 Å². The highest BCUT2D eigenvalue weighted by Crippen LogP contribution is 2.31. The number of anilines is 1. The van der Waals surface area contributed by atoms with Gasteiger partial charge in [-0.25, -0.2) is 4.79 Å². The van der Waals surface area contributed by atoms with Gasteiger partial charge in [0.25, 0.3) is 11.6 Å². The first-order chi connectivity index (χ1) is 12.9. The first-order valence-electron chi connectivity index (χ1n) is 8.35. The molecule has 1 aliphatic rings. The van der Waals surface area contributed by atoms with Crippen molar-refractivity contribution in [3.8, 4) is 5.75 Å². The van der Waals surface area contributed by atoms with Crippen LogP contribution in [0.1, 0.15) is 33.5 Å². The Morgan fingerprint density at radius 2 is 2.07 bits per heavy atom. The second kappa shape index (κ2) is 7.75. The van der Waals surface area contributed by atoms with E-state index in [1.54, 1.807) is 0 Å². The van der Waals surface area contributed by atoms with Crippen LogP contribution < -0.4 is 10.1 Å². The molecule has 1 aromatic carbocycles. The van der Waals surface area contributed by atoms with Gasteiger partial charge in [0.2, 0.25) is 0 Å². The van der Waals surface area contributed by atoms with E-state index in [4.69, 9.17) is 9.47 Å². The fraction of sp³-hybridized carbons (Fsp3) is 0.333. The van der Waals surface area contributed by atoms with Gasteiger partial charge in [0.05, 0.1) is 23.8 Å². The summed E-state index contributed by atoms with van der Waals surface area (Å²) in [6.07, 6.45) is 2.01. The van der Waals surface area contributed by atoms with Crippen molar-refractivity contribution in [1.82, 2.24) is 0 Å². The zero-order valence-corrected chi connectivity index (χ0v) is 15.6. The number of benzene rings is 1. The SMILES string of the molecule is COc1cc([N+](=O)[O-])ccc1NC(=O)[C@@H](C)OC(=O)c1cc2c(s1)CCC2. The highest BCUT2D eigenvalue weighted by molar-refractivity contribution is 7.14. The van der Waals surface area contributed by atoms with Crippen LogP contribution in [0.2, 0.25) is 0 Å². The van der Waals surface area contributed by atoms with Crippen LogP contribution in [0, 0.1) is 10.1 Å². The molecule has 142 valence electrons. The van der Waals surface area contributed by atoms with Gasteiger partial charge in [0.15, 0.2) is 6.10 Å². The molecule has 1 aromatic heterocycles. The quantitative estimate of drug-likeness (QED) is 0.460. The van der Waals surface area contributed by atoms with E-state index in [0.717, 1.165) is 19.3 Å². The summed E-state index contributed by atoms with van der Waals surface area (Å²) < 4.78 is 10.3. The lowest BCUT2D eigenvalue weighted by Gasteiger charge is -2.14. The third-order valence-corrected chi connectivity index (χ3v) is 5.47. The lowest BCUT2D eigenvalue weighted by atomic mass is 10.2. The number of non-ortho nitro benzene ring substituents is 1. The second-order valence-electron chi connectivity index (χ2n) is 6.09. The molecular weight excluding hydrogens is 372 g/mol. The zero-order valence-electron chi connectivity index (χ0n) is 14.8. The standard InChI is InChI=1S/C18H18N2O6S/c1-10(26-18(22)16-8-11-4-3-5-15(11)27-16)17(21)19-13-7-6-12(20(23)24)9-14(13)25-2/h6-10H,3-5H2,1-2H3,(H,19,21)/t10-/m1/s1. The van der Waals surface area contributed by atoms with Gasteiger partial charge < -0.3 is 14.8 Å². The monoisotopic (exact) mass is 390 g/mol. The Kier molecular flexibility index (Phi) is 5.41. The third kappa shape index (κ3) is 4.08. The van der Waals surface area contributed by atoms with E-state index >= 15 is 0 Å². The minimum atomic E-state index is -1.03. The van der Waals surface area contributed by atoms with Crippen LogP contribution >= 0.6 is 11.3 Å². The molecule has 0 saturated carbocycles. The molecule has 1 amide bonds. The fourth-order valence-corrected chi connectivity index (χ4v) is 3.97. The summed E-state index contributed by atoms with van der Waals surface area (Å²) >= 11 is 1.41. The lowest BCUT2D eigenvalue weighted by Crippen LogP contribution is -2.30. The van der Waals surface area contributed by atoms with E-state index in [0.29, 0.717) is 4.88 Å². The van der Waals surface area contributed by atoms with Crippen molar-refractivity contribution in [3.05, 3.63) is 49.7 Å².